The lowest BCUT2D eigenvalue weighted by Crippen LogP contribution is -2.15. The fraction of sp³-hybridized carbons (Fsp3) is 0.500. The summed E-state index contributed by atoms with van der Waals surface area (Å²) in [6.07, 6.45) is 0. The number of rotatable bonds is 2. The van der Waals surface area contributed by atoms with Crippen molar-refractivity contribution in [1.82, 2.24) is 0 Å². The van der Waals surface area contributed by atoms with Crippen molar-refractivity contribution in [3.8, 4) is 11.5 Å². The van der Waals surface area contributed by atoms with Crippen molar-refractivity contribution in [2.24, 2.45) is 5.92 Å². The SMILES string of the molecule is CC(C)C(Cl)c1ccc2c(c1)OCCO2. The average molecular weight is 227 g/mol. The monoisotopic (exact) mass is 226 g/mol. The van der Waals surface area contributed by atoms with Crippen molar-refractivity contribution in [1.29, 1.82) is 0 Å². The molecule has 0 spiro atoms. The van der Waals surface area contributed by atoms with Crippen LogP contribution in [-0.2, 0) is 0 Å². The molecule has 1 aliphatic rings. The second-order valence-electron chi connectivity index (χ2n) is 4.05. The number of ether oxygens (including phenoxy) is 2. The zero-order valence-electron chi connectivity index (χ0n) is 9.00. The summed E-state index contributed by atoms with van der Waals surface area (Å²) in [6.45, 7) is 5.45. The van der Waals surface area contributed by atoms with Gasteiger partial charge >= 0.3 is 0 Å². The van der Waals surface area contributed by atoms with Crippen molar-refractivity contribution in [3.63, 3.8) is 0 Å². The molecule has 0 amide bonds. The third kappa shape index (κ3) is 2.20. The van der Waals surface area contributed by atoms with E-state index in [1.807, 2.05) is 18.2 Å². The maximum atomic E-state index is 6.29. The van der Waals surface area contributed by atoms with Crippen LogP contribution in [-0.4, -0.2) is 13.2 Å². The van der Waals surface area contributed by atoms with Crippen LogP contribution in [0.2, 0.25) is 0 Å². The van der Waals surface area contributed by atoms with Crippen LogP contribution < -0.4 is 9.47 Å². The highest BCUT2D eigenvalue weighted by Crippen LogP contribution is 2.36. The Morgan fingerprint density at radius 2 is 1.80 bits per heavy atom. The van der Waals surface area contributed by atoms with Crippen molar-refractivity contribution >= 4 is 11.6 Å². The molecule has 1 aliphatic heterocycles. The highest BCUT2D eigenvalue weighted by molar-refractivity contribution is 6.21. The predicted octanol–water partition coefficient (Wildman–Crippen LogP) is 3.39. The molecule has 0 aliphatic carbocycles. The molecule has 1 unspecified atom stereocenters. The van der Waals surface area contributed by atoms with Gasteiger partial charge in [0.05, 0.1) is 5.38 Å². The third-order valence-corrected chi connectivity index (χ3v) is 3.23. The summed E-state index contributed by atoms with van der Waals surface area (Å²) in [4.78, 5) is 0. The number of alkyl halides is 1. The molecule has 1 atom stereocenters. The third-order valence-electron chi connectivity index (χ3n) is 2.47. The smallest absolute Gasteiger partial charge is 0.161 e. The van der Waals surface area contributed by atoms with Gasteiger partial charge in [-0.05, 0) is 23.6 Å². The highest BCUT2D eigenvalue weighted by Gasteiger charge is 2.17. The molecule has 0 N–H and O–H groups in total. The number of benzene rings is 1. The van der Waals surface area contributed by atoms with Gasteiger partial charge in [-0.15, -0.1) is 11.6 Å². The Balaban J connectivity index is 2.27. The second kappa shape index (κ2) is 4.31. The van der Waals surface area contributed by atoms with Gasteiger partial charge in [-0.25, -0.2) is 0 Å². The first-order chi connectivity index (χ1) is 7.18. The zero-order chi connectivity index (χ0) is 10.8. The van der Waals surface area contributed by atoms with Gasteiger partial charge in [0, 0.05) is 0 Å². The summed E-state index contributed by atoms with van der Waals surface area (Å²) in [7, 11) is 0. The van der Waals surface area contributed by atoms with Gasteiger partial charge < -0.3 is 9.47 Å². The molecule has 1 aromatic rings. The van der Waals surface area contributed by atoms with Gasteiger partial charge in [-0.1, -0.05) is 19.9 Å². The molecule has 0 saturated carbocycles. The summed E-state index contributed by atoms with van der Waals surface area (Å²) >= 11 is 6.29. The van der Waals surface area contributed by atoms with Crippen molar-refractivity contribution in [3.05, 3.63) is 23.8 Å². The van der Waals surface area contributed by atoms with Crippen molar-refractivity contribution < 1.29 is 9.47 Å². The quantitative estimate of drug-likeness (QED) is 0.720. The van der Waals surface area contributed by atoms with E-state index in [9.17, 15) is 0 Å². The topological polar surface area (TPSA) is 18.5 Å². The van der Waals surface area contributed by atoms with E-state index in [0.717, 1.165) is 17.1 Å². The van der Waals surface area contributed by atoms with Crippen LogP contribution >= 0.6 is 11.6 Å². The number of halogens is 1. The lowest BCUT2D eigenvalue weighted by Gasteiger charge is -2.21. The molecule has 0 bridgehead atoms. The predicted molar refractivity (Wildman–Crippen MR) is 60.9 cm³/mol. The lowest BCUT2D eigenvalue weighted by molar-refractivity contribution is 0.171. The van der Waals surface area contributed by atoms with Crippen LogP contribution in [0.4, 0.5) is 0 Å². The first-order valence-corrected chi connectivity index (χ1v) is 5.65. The van der Waals surface area contributed by atoms with Gasteiger partial charge in [0.15, 0.2) is 11.5 Å². The van der Waals surface area contributed by atoms with Gasteiger partial charge in [-0.2, -0.15) is 0 Å². The Labute approximate surface area is 95.1 Å². The molecule has 0 fully saturated rings. The van der Waals surface area contributed by atoms with Crippen molar-refractivity contribution in [2.75, 3.05) is 13.2 Å². The molecule has 15 heavy (non-hydrogen) atoms. The first kappa shape index (κ1) is 10.6. The molecule has 0 aromatic heterocycles. The number of hydrogen-bond acceptors (Lipinski definition) is 2. The summed E-state index contributed by atoms with van der Waals surface area (Å²) in [5.74, 6) is 2.04. The highest BCUT2D eigenvalue weighted by atomic mass is 35.5. The first-order valence-electron chi connectivity index (χ1n) is 5.22. The van der Waals surface area contributed by atoms with Gasteiger partial charge in [0.2, 0.25) is 0 Å². The van der Waals surface area contributed by atoms with Crippen molar-refractivity contribution in [2.45, 2.75) is 19.2 Å². The standard InChI is InChI=1S/C12H15ClO2/c1-8(2)12(13)9-3-4-10-11(7-9)15-6-5-14-10/h3-4,7-8,12H,5-6H2,1-2H3. The maximum Gasteiger partial charge on any atom is 0.161 e. The molecule has 82 valence electrons. The minimum absolute atomic E-state index is 0.0285. The number of hydrogen-bond donors (Lipinski definition) is 0. The zero-order valence-corrected chi connectivity index (χ0v) is 9.75. The molecule has 0 radical (unpaired) electrons. The molecule has 3 heteroatoms. The molecule has 1 aromatic carbocycles. The second-order valence-corrected chi connectivity index (χ2v) is 4.52. The van der Waals surface area contributed by atoms with E-state index < -0.39 is 0 Å². The van der Waals surface area contributed by atoms with E-state index >= 15 is 0 Å². The lowest BCUT2D eigenvalue weighted by atomic mass is 10.0. The van der Waals surface area contributed by atoms with Crippen LogP contribution in [0.3, 0.4) is 0 Å². The summed E-state index contributed by atoms with van der Waals surface area (Å²) in [6, 6.07) is 5.92. The van der Waals surface area contributed by atoms with Crippen LogP contribution in [0.5, 0.6) is 11.5 Å². The van der Waals surface area contributed by atoms with Gasteiger partial charge in [0.1, 0.15) is 13.2 Å². The molecule has 2 rings (SSSR count). The van der Waals surface area contributed by atoms with Crippen LogP contribution in [0, 0.1) is 5.92 Å². The van der Waals surface area contributed by atoms with Gasteiger partial charge in [0.25, 0.3) is 0 Å². The minimum Gasteiger partial charge on any atom is -0.486 e. The summed E-state index contributed by atoms with van der Waals surface area (Å²) in [5, 5.41) is 0.0285. The molecule has 2 nitrogen and oxygen atoms in total. The Morgan fingerprint density at radius 1 is 1.13 bits per heavy atom. The summed E-state index contributed by atoms with van der Waals surface area (Å²) < 4.78 is 11.0. The fourth-order valence-corrected chi connectivity index (χ4v) is 1.75. The van der Waals surface area contributed by atoms with E-state index in [4.69, 9.17) is 21.1 Å². The normalized spacial score (nSPS) is 16.5. The van der Waals surface area contributed by atoms with E-state index in [-0.39, 0.29) is 5.38 Å². The average Bonchev–Trinajstić information content (AvgIpc) is 2.27. The van der Waals surface area contributed by atoms with E-state index in [2.05, 4.69) is 13.8 Å². The van der Waals surface area contributed by atoms with Crippen LogP contribution in [0.15, 0.2) is 18.2 Å². The van der Waals surface area contributed by atoms with Crippen LogP contribution in [0.25, 0.3) is 0 Å². The molecule has 0 saturated heterocycles. The minimum atomic E-state index is 0.0285. The Bertz CT molecular complexity index is 349. The van der Waals surface area contributed by atoms with E-state index in [1.165, 1.54) is 0 Å². The summed E-state index contributed by atoms with van der Waals surface area (Å²) in [5.41, 5.74) is 1.09. The molecular formula is C12H15ClO2. The molecular weight excluding hydrogens is 212 g/mol. The van der Waals surface area contributed by atoms with E-state index in [1.54, 1.807) is 0 Å². The molecule has 1 heterocycles. The fourth-order valence-electron chi connectivity index (χ4n) is 1.62. The maximum absolute atomic E-state index is 6.29. The van der Waals surface area contributed by atoms with Crippen LogP contribution in [0.1, 0.15) is 24.8 Å². The Hall–Kier alpha value is -0.890. The Kier molecular flexibility index (Phi) is 3.06. The largest absolute Gasteiger partial charge is 0.486 e. The Morgan fingerprint density at radius 3 is 2.47 bits per heavy atom. The van der Waals surface area contributed by atoms with E-state index in [0.29, 0.717) is 19.1 Å². The van der Waals surface area contributed by atoms with Gasteiger partial charge in [-0.3, -0.25) is 0 Å². The number of fused-ring (bicyclic) bond motifs is 1.